The van der Waals surface area contributed by atoms with E-state index in [0.29, 0.717) is 12.5 Å². The average molecular weight is 309 g/mol. The third-order valence-electron chi connectivity index (χ3n) is 3.74. The van der Waals surface area contributed by atoms with Crippen LogP contribution in [-0.4, -0.2) is 43.8 Å². The van der Waals surface area contributed by atoms with Crippen LogP contribution in [0.3, 0.4) is 0 Å². The number of nitrogens with two attached hydrogens (primary N) is 1. The van der Waals surface area contributed by atoms with Crippen molar-refractivity contribution in [2.75, 3.05) is 38.4 Å². The summed E-state index contributed by atoms with van der Waals surface area (Å²) in [7, 11) is 1.64. The van der Waals surface area contributed by atoms with Gasteiger partial charge in [0.15, 0.2) is 5.96 Å². The molecule has 6 heteroatoms. The van der Waals surface area contributed by atoms with Crippen molar-refractivity contribution in [2.24, 2.45) is 10.7 Å². The molecule has 116 valence electrons. The van der Waals surface area contributed by atoms with Crippen LogP contribution < -0.4 is 15.8 Å². The summed E-state index contributed by atoms with van der Waals surface area (Å²) in [6, 6.07) is 7.65. The molecule has 1 aliphatic rings. The molecule has 0 bridgehead atoms. The summed E-state index contributed by atoms with van der Waals surface area (Å²) in [6.07, 6.45) is 4.16. The summed E-state index contributed by atoms with van der Waals surface area (Å²) >= 11 is 1.85. The van der Waals surface area contributed by atoms with Gasteiger partial charge in [-0.05, 0) is 31.2 Å². The first kappa shape index (κ1) is 16.0. The predicted octanol–water partition coefficient (Wildman–Crippen LogP) is 2.33. The fraction of sp³-hybridized carbons (Fsp3) is 0.533. The normalized spacial score (nSPS) is 18.3. The van der Waals surface area contributed by atoms with Gasteiger partial charge in [0.1, 0.15) is 5.75 Å². The van der Waals surface area contributed by atoms with Crippen molar-refractivity contribution in [3.63, 3.8) is 0 Å². The zero-order chi connectivity index (χ0) is 15.1. The Morgan fingerprint density at radius 1 is 1.43 bits per heavy atom. The third-order valence-corrected chi connectivity index (χ3v) is 5.15. The summed E-state index contributed by atoms with van der Waals surface area (Å²) in [5, 5.41) is 3.10. The van der Waals surface area contributed by atoms with Crippen LogP contribution >= 0.6 is 11.8 Å². The third kappa shape index (κ3) is 4.28. The summed E-state index contributed by atoms with van der Waals surface area (Å²) in [5.74, 6) is 1.17. The summed E-state index contributed by atoms with van der Waals surface area (Å²) in [5.41, 5.74) is 6.83. The molecule has 0 spiro atoms. The van der Waals surface area contributed by atoms with E-state index in [1.54, 1.807) is 7.11 Å². The molecular formula is C15H23N3O2S. The molecule has 0 aromatic heterocycles. The van der Waals surface area contributed by atoms with E-state index in [2.05, 4.69) is 16.6 Å². The first-order chi connectivity index (χ1) is 10.2. The van der Waals surface area contributed by atoms with E-state index in [9.17, 15) is 0 Å². The Morgan fingerprint density at radius 2 is 2.14 bits per heavy atom. The van der Waals surface area contributed by atoms with Crippen LogP contribution in [0.15, 0.2) is 29.3 Å². The monoisotopic (exact) mass is 309 g/mol. The number of rotatable bonds is 5. The van der Waals surface area contributed by atoms with Crippen molar-refractivity contribution < 1.29 is 9.47 Å². The van der Waals surface area contributed by atoms with Gasteiger partial charge in [0.25, 0.3) is 0 Å². The topological polar surface area (TPSA) is 68.9 Å². The number of hydrogen-bond acceptors (Lipinski definition) is 4. The molecule has 5 nitrogen and oxygen atoms in total. The van der Waals surface area contributed by atoms with Gasteiger partial charge in [-0.1, -0.05) is 12.1 Å². The lowest BCUT2D eigenvalue weighted by Crippen LogP contribution is -2.37. The summed E-state index contributed by atoms with van der Waals surface area (Å²) in [6.45, 7) is 2.30. The number of aliphatic imine (C=N–C) groups is 1. The van der Waals surface area contributed by atoms with Crippen molar-refractivity contribution in [2.45, 2.75) is 17.6 Å². The molecule has 0 saturated carbocycles. The molecule has 1 aromatic carbocycles. The Labute approximate surface area is 130 Å². The Kier molecular flexibility index (Phi) is 5.76. The molecule has 0 radical (unpaired) electrons. The minimum atomic E-state index is 0.144. The maximum Gasteiger partial charge on any atom is 0.193 e. The van der Waals surface area contributed by atoms with E-state index in [1.807, 2.05) is 36.0 Å². The summed E-state index contributed by atoms with van der Waals surface area (Å²) < 4.78 is 10.9. The zero-order valence-corrected chi connectivity index (χ0v) is 13.4. The number of nitrogens with zero attached hydrogens (tertiary/aromatic N) is 1. The number of guanidine groups is 1. The molecule has 3 N–H and O–H groups in total. The van der Waals surface area contributed by atoms with Gasteiger partial charge in [0.2, 0.25) is 0 Å². The van der Waals surface area contributed by atoms with Crippen molar-refractivity contribution in [1.82, 2.24) is 0 Å². The van der Waals surface area contributed by atoms with Crippen LogP contribution in [0.4, 0.5) is 5.69 Å². The van der Waals surface area contributed by atoms with Crippen LogP contribution in [-0.2, 0) is 4.74 Å². The zero-order valence-electron chi connectivity index (χ0n) is 12.6. The highest BCUT2D eigenvalue weighted by molar-refractivity contribution is 8.00. The number of thioether (sulfide) groups is 1. The molecule has 0 aliphatic carbocycles. The minimum absolute atomic E-state index is 0.144. The van der Waals surface area contributed by atoms with Gasteiger partial charge >= 0.3 is 0 Å². The average Bonchev–Trinajstić information content (AvgIpc) is 2.54. The van der Waals surface area contributed by atoms with Gasteiger partial charge in [-0.15, -0.1) is 0 Å². The second-order valence-corrected chi connectivity index (χ2v) is 6.30. The number of nitrogens with one attached hydrogen (secondary N) is 1. The van der Waals surface area contributed by atoms with Crippen molar-refractivity contribution in [3.05, 3.63) is 24.3 Å². The van der Waals surface area contributed by atoms with E-state index in [4.69, 9.17) is 15.2 Å². The molecule has 1 saturated heterocycles. The number of hydrogen-bond donors (Lipinski definition) is 2. The van der Waals surface area contributed by atoms with Crippen LogP contribution in [0.25, 0.3) is 0 Å². The smallest absolute Gasteiger partial charge is 0.193 e. The Bertz CT molecular complexity index is 488. The van der Waals surface area contributed by atoms with E-state index in [-0.39, 0.29) is 4.75 Å². The lowest BCUT2D eigenvalue weighted by Gasteiger charge is -2.34. The fourth-order valence-corrected chi connectivity index (χ4v) is 3.09. The largest absolute Gasteiger partial charge is 0.495 e. The van der Waals surface area contributed by atoms with E-state index < -0.39 is 0 Å². The molecule has 0 unspecified atom stereocenters. The maximum atomic E-state index is 6.00. The predicted molar refractivity (Wildman–Crippen MR) is 89.4 cm³/mol. The van der Waals surface area contributed by atoms with Gasteiger partial charge in [0.05, 0.1) is 19.3 Å². The summed E-state index contributed by atoms with van der Waals surface area (Å²) in [4.78, 5) is 4.51. The second-order valence-electron chi connectivity index (χ2n) is 5.03. The number of anilines is 1. The van der Waals surface area contributed by atoms with Crippen LogP contribution in [0.1, 0.15) is 12.8 Å². The highest BCUT2D eigenvalue weighted by atomic mass is 32.2. The van der Waals surface area contributed by atoms with Gasteiger partial charge in [-0.2, -0.15) is 11.8 Å². The van der Waals surface area contributed by atoms with Crippen LogP contribution in [0.5, 0.6) is 5.75 Å². The lowest BCUT2D eigenvalue weighted by atomic mass is 9.99. The molecular weight excluding hydrogens is 286 g/mol. The number of benzene rings is 1. The van der Waals surface area contributed by atoms with E-state index in [1.165, 1.54) is 0 Å². The Hall–Kier alpha value is -1.40. The van der Waals surface area contributed by atoms with Gasteiger partial charge in [-0.25, -0.2) is 0 Å². The van der Waals surface area contributed by atoms with Crippen LogP contribution in [0, 0.1) is 0 Å². The van der Waals surface area contributed by atoms with Crippen molar-refractivity contribution in [1.29, 1.82) is 0 Å². The molecule has 21 heavy (non-hydrogen) atoms. The molecule has 2 rings (SSSR count). The maximum absolute atomic E-state index is 6.00. The standard InChI is InChI=1S/C15H23N3O2S/c1-19-13-6-4-3-5-12(13)18-14(16)17-11-15(21-2)7-9-20-10-8-15/h3-6H,7-11H2,1-2H3,(H3,16,17,18). The molecule has 1 aliphatic heterocycles. The molecule has 0 atom stereocenters. The van der Waals surface area contributed by atoms with Gasteiger partial charge in [0, 0.05) is 18.0 Å². The SMILES string of the molecule is COc1ccccc1NC(N)=NCC1(SC)CCOCC1. The quantitative estimate of drug-likeness (QED) is 0.645. The Morgan fingerprint density at radius 3 is 2.81 bits per heavy atom. The van der Waals surface area contributed by atoms with Gasteiger partial charge < -0.3 is 20.5 Å². The fourth-order valence-electron chi connectivity index (χ4n) is 2.32. The first-order valence-corrected chi connectivity index (χ1v) is 8.24. The van der Waals surface area contributed by atoms with Gasteiger partial charge in [-0.3, -0.25) is 4.99 Å². The Balaban J connectivity index is 2.00. The highest BCUT2D eigenvalue weighted by Crippen LogP contribution is 2.34. The van der Waals surface area contributed by atoms with Crippen molar-refractivity contribution in [3.8, 4) is 5.75 Å². The van der Waals surface area contributed by atoms with Crippen molar-refractivity contribution >= 4 is 23.4 Å². The number of para-hydroxylation sites is 2. The second kappa shape index (κ2) is 7.56. The molecule has 1 heterocycles. The number of methoxy groups -OCH3 is 1. The molecule has 1 aromatic rings. The highest BCUT2D eigenvalue weighted by Gasteiger charge is 2.31. The lowest BCUT2D eigenvalue weighted by molar-refractivity contribution is 0.0794. The van der Waals surface area contributed by atoms with E-state index >= 15 is 0 Å². The minimum Gasteiger partial charge on any atom is -0.495 e. The first-order valence-electron chi connectivity index (χ1n) is 7.02. The van der Waals surface area contributed by atoms with E-state index in [0.717, 1.165) is 37.5 Å². The number of ether oxygens (including phenoxy) is 2. The molecule has 1 fully saturated rings. The molecule has 0 amide bonds. The van der Waals surface area contributed by atoms with Crippen LogP contribution in [0.2, 0.25) is 0 Å².